The first-order valence-electron chi connectivity index (χ1n) is 8.33. The minimum absolute atomic E-state index is 0.262. The number of hydrogen-bond acceptors (Lipinski definition) is 3. The molecule has 0 spiro atoms. The quantitative estimate of drug-likeness (QED) is 0.360. The van der Waals surface area contributed by atoms with Gasteiger partial charge in [-0.15, -0.1) is 11.3 Å². The van der Waals surface area contributed by atoms with E-state index in [1.807, 2.05) is 0 Å². The van der Waals surface area contributed by atoms with Gasteiger partial charge in [-0.1, -0.05) is 61.0 Å². The Labute approximate surface area is 160 Å². The minimum Gasteiger partial charge on any atom is -0.236 e. The molecule has 2 nitrogen and oxygen atoms in total. The van der Waals surface area contributed by atoms with Gasteiger partial charge >= 0.3 is 0 Å². The van der Waals surface area contributed by atoms with Crippen molar-refractivity contribution in [1.82, 2.24) is 9.97 Å². The highest BCUT2D eigenvalue weighted by molar-refractivity contribution is 9.10. The first kappa shape index (κ1) is 16.7. The van der Waals surface area contributed by atoms with Crippen molar-refractivity contribution in [3.63, 3.8) is 0 Å². The van der Waals surface area contributed by atoms with Crippen molar-refractivity contribution in [3.8, 4) is 11.3 Å². The number of thiophene rings is 1. The van der Waals surface area contributed by atoms with Crippen molar-refractivity contribution in [2.75, 3.05) is 0 Å². The van der Waals surface area contributed by atoms with Gasteiger partial charge in [0.25, 0.3) is 0 Å². The maximum absolute atomic E-state index is 4.62. The van der Waals surface area contributed by atoms with Crippen LogP contribution < -0.4 is 0 Å². The van der Waals surface area contributed by atoms with Crippen molar-refractivity contribution < 1.29 is 0 Å². The van der Waals surface area contributed by atoms with E-state index >= 15 is 0 Å². The number of hydrogen-bond donors (Lipinski definition) is 0. The molecule has 4 rings (SSSR count). The molecule has 2 aromatic heterocycles. The van der Waals surface area contributed by atoms with Gasteiger partial charge in [0.05, 0.1) is 5.69 Å². The van der Waals surface area contributed by atoms with Crippen LogP contribution in [-0.4, -0.2) is 9.97 Å². The van der Waals surface area contributed by atoms with Crippen LogP contribution in [-0.2, 0) is 6.42 Å². The van der Waals surface area contributed by atoms with Gasteiger partial charge in [0, 0.05) is 20.3 Å². The molecular formula is C21H19BrN2S. The fraction of sp³-hybridized carbons (Fsp3) is 0.238. The lowest BCUT2D eigenvalue weighted by atomic mass is 9.91. The third-order valence-corrected chi connectivity index (χ3v) is 5.87. The molecule has 0 N–H and O–H groups in total. The summed E-state index contributed by atoms with van der Waals surface area (Å²) >= 11 is 5.51. The van der Waals surface area contributed by atoms with Gasteiger partial charge in [0.15, 0.2) is 0 Å². The monoisotopic (exact) mass is 410 g/mol. The van der Waals surface area contributed by atoms with Crippen molar-refractivity contribution in [2.45, 2.75) is 27.2 Å². The van der Waals surface area contributed by atoms with Crippen LogP contribution in [0.25, 0.3) is 32.2 Å². The van der Waals surface area contributed by atoms with Crippen molar-refractivity contribution in [2.24, 2.45) is 5.41 Å². The molecule has 4 heteroatoms. The molecule has 0 amide bonds. The van der Waals surface area contributed by atoms with Crippen molar-refractivity contribution >= 4 is 48.3 Å². The van der Waals surface area contributed by atoms with E-state index in [0.29, 0.717) is 0 Å². The predicted octanol–water partition coefficient (Wildman–Crippen LogP) is 6.86. The van der Waals surface area contributed by atoms with Crippen LogP contribution in [0.15, 0.2) is 53.3 Å². The molecule has 0 radical (unpaired) electrons. The van der Waals surface area contributed by atoms with Crippen LogP contribution in [0.5, 0.6) is 0 Å². The zero-order chi connectivity index (χ0) is 17.6. The SMILES string of the molecule is CC(C)(C)Cc1cc2c(-c3cc4ccccc4cc3Br)ncnc2s1. The molecule has 0 atom stereocenters. The van der Waals surface area contributed by atoms with E-state index in [0.717, 1.165) is 32.4 Å². The molecule has 0 saturated heterocycles. The highest BCUT2D eigenvalue weighted by Crippen LogP contribution is 2.38. The van der Waals surface area contributed by atoms with Crippen LogP contribution in [0.2, 0.25) is 0 Å². The molecule has 25 heavy (non-hydrogen) atoms. The lowest BCUT2D eigenvalue weighted by Crippen LogP contribution is -2.07. The van der Waals surface area contributed by atoms with Gasteiger partial charge < -0.3 is 0 Å². The zero-order valence-corrected chi connectivity index (χ0v) is 16.9. The van der Waals surface area contributed by atoms with Crippen LogP contribution >= 0.6 is 27.3 Å². The predicted molar refractivity (Wildman–Crippen MR) is 111 cm³/mol. The molecule has 4 aromatic rings. The molecular weight excluding hydrogens is 392 g/mol. The number of aromatic nitrogens is 2. The second-order valence-electron chi connectivity index (χ2n) is 7.57. The average Bonchev–Trinajstić information content (AvgIpc) is 2.94. The fourth-order valence-corrected chi connectivity index (χ4v) is 4.97. The molecule has 0 aliphatic carbocycles. The summed E-state index contributed by atoms with van der Waals surface area (Å²) in [6.45, 7) is 6.80. The summed E-state index contributed by atoms with van der Waals surface area (Å²) < 4.78 is 1.06. The summed E-state index contributed by atoms with van der Waals surface area (Å²) in [5.41, 5.74) is 2.38. The first-order chi connectivity index (χ1) is 11.9. The molecule has 0 aliphatic rings. The van der Waals surface area contributed by atoms with Gasteiger partial charge in [0.2, 0.25) is 0 Å². The van der Waals surface area contributed by atoms with Crippen LogP contribution in [0.3, 0.4) is 0 Å². The molecule has 2 heterocycles. The molecule has 0 fully saturated rings. The largest absolute Gasteiger partial charge is 0.236 e. The number of fused-ring (bicyclic) bond motifs is 2. The fourth-order valence-electron chi connectivity index (χ4n) is 3.12. The van der Waals surface area contributed by atoms with E-state index in [-0.39, 0.29) is 5.41 Å². The zero-order valence-electron chi connectivity index (χ0n) is 14.5. The summed E-state index contributed by atoms with van der Waals surface area (Å²) in [7, 11) is 0. The lowest BCUT2D eigenvalue weighted by Gasteiger charge is -2.16. The smallest absolute Gasteiger partial charge is 0.127 e. The Morgan fingerprint density at radius 2 is 1.72 bits per heavy atom. The lowest BCUT2D eigenvalue weighted by molar-refractivity contribution is 0.415. The van der Waals surface area contributed by atoms with Gasteiger partial charge in [-0.25, -0.2) is 9.97 Å². The van der Waals surface area contributed by atoms with E-state index in [2.05, 4.69) is 89.1 Å². The van der Waals surface area contributed by atoms with E-state index in [1.165, 1.54) is 15.6 Å². The number of nitrogens with zero attached hydrogens (tertiary/aromatic N) is 2. The Hall–Kier alpha value is -1.78. The Kier molecular flexibility index (Phi) is 4.13. The summed E-state index contributed by atoms with van der Waals surface area (Å²) in [6.07, 6.45) is 2.73. The van der Waals surface area contributed by atoms with Gasteiger partial charge in [0.1, 0.15) is 11.2 Å². The van der Waals surface area contributed by atoms with Crippen molar-refractivity contribution in [3.05, 3.63) is 58.1 Å². The van der Waals surface area contributed by atoms with Gasteiger partial charge in [-0.3, -0.25) is 0 Å². The highest BCUT2D eigenvalue weighted by Gasteiger charge is 2.17. The molecule has 0 unspecified atom stereocenters. The molecule has 126 valence electrons. The van der Waals surface area contributed by atoms with Gasteiger partial charge in [-0.05, 0) is 40.8 Å². The molecule has 0 aliphatic heterocycles. The Morgan fingerprint density at radius 3 is 2.44 bits per heavy atom. The Morgan fingerprint density at radius 1 is 1.00 bits per heavy atom. The summed E-state index contributed by atoms with van der Waals surface area (Å²) in [5, 5.41) is 3.59. The molecule has 2 aromatic carbocycles. The topological polar surface area (TPSA) is 25.8 Å². The normalized spacial score (nSPS) is 12.2. The Bertz CT molecular complexity index is 1080. The maximum Gasteiger partial charge on any atom is 0.127 e. The van der Waals surface area contributed by atoms with Crippen LogP contribution in [0, 0.1) is 5.41 Å². The number of benzene rings is 2. The van der Waals surface area contributed by atoms with Gasteiger partial charge in [-0.2, -0.15) is 0 Å². The van der Waals surface area contributed by atoms with Crippen molar-refractivity contribution in [1.29, 1.82) is 0 Å². The standard InChI is InChI=1S/C21H19BrN2S/c1-21(2,3)11-15-10-17-19(23-12-24-20(17)25-15)16-8-13-6-4-5-7-14(13)9-18(16)22/h4-10,12H,11H2,1-3H3. The minimum atomic E-state index is 0.262. The van der Waals surface area contributed by atoms with Crippen LogP contribution in [0.4, 0.5) is 0 Å². The summed E-state index contributed by atoms with van der Waals surface area (Å²) in [6, 6.07) is 15.1. The van der Waals surface area contributed by atoms with E-state index < -0.39 is 0 Å². The third kappa shape index (κ3) is 3.33. The second kappa shape index (κ2) is 6.19. The summed E-state index contributed by atoms with van der Waals surface area (Å²) in [4.78, 5) is 11.5. The van der Waals surface area contributed by atoms with Crippen LogP contribution in [0.1, 0.15) is 25.6 Å². The summed E-state index contributed by atoms with van der Waals surface area (Å²) in [5.74, 6) is 0. The molecule has 0 saturated carbocycles. The van der Waals surface area contributed by atoms with E-state index in [9.17, 15) is 0 Å². The average molecular weight is 411 g/mol. The van der Waals surface area contributed by atoms with E-state index in [1.54, 1.807) is 17.7 Å². The highest BCUT2D eigenvalue weighted by atomic mass is 79.9. The first-order valence-corrected chi connectivity index (χ1v) is 9.94. The van der Waals surface area contributed by atoms with E-state index in [4.69, 9.17) is 0 Å². The Balaban J connectivity index is 1.90. The maximum atomic E-state index is 4.62. The number of rotatable bonds is 2. The third-order valence-electron chi connectivity index (χ3n) is 4.18. The number of halogens is 1. The molecule has 0 bridgehead atoms. The second-order valence-corrected chi connectivity index (χ2v) is 9.54.